The van der Waals surface area contributed by atoms with Crippen LogP contribution in [0.25, 0.3) is 0 Å². The van der Waals surface area contributed by atoms with Gasteiger partial charge in [-0.15, -0.1) is 0 Å². The third kappa shape index (κ3) is 2.77. The second-order valence-corrected chi connectivity index (χ2v) is 3.18. The molecule has 0 aliphatic carbocycles. The fourth-order valence-corrected chi connectivity index (χ4v) is 1.25. The van der Waals surface area contributed by atoms with Crippen molar-refractivity contribution in [2.24, 2.45) is 0 Å². The summed E-state index contributed by atoms with van der Waals surface area (Å²) in [5.74, 6) is -0.412. The van der Waals surface area contributed by atoms with Crippen LogP contribution in [0.1, 0.15) is 19.8 Å². The molecule has 1 fully saturated rings. The van der Waals surface area contributed by atoms with Crippen LogP contribution in [0.15, 0.2) is 0 Å². The topological polar surface area (TPSA) is 38.3 Å². The molecule has 12 heavy (non-hydrogen) atoms. The first kappa shape index (κ1) is 9.45. The second-order valence-electron chi connectivity index (χ2n) is 3.18. The van der Waals surface area contributed by atoms with Crippen LogP contribution in [0.2, 0.25) is 0 Å². The molecule has 0 amide bonds. The number of ether oxygens (including phenoxy) is 1. The van der Waals surface area contributed by atoms with E-state index in [1.807, 2.05) is 0 Å². The van der Waals surface area contributed by atoms with Gasteiger partial charge in [0.2, 0.25) is 0 Å². The molecule has 1 rings (SSSR count). The summed E-state index contributed by atoms with van der Waals surface area (Å²) >= 11 is 0. The van der Waals surface area contributed by atoms with Crippen LogP contribution in [0, 0.1) is 0 Å². The molecule has 1 N–H and O–H groups in total. The molecule has 0 saturated carbocycles. The van der Waals surface area contributed by atoms with Crippen molar-refractivity contribution in [3.05, 3.63) is 0 Å². The fraction of sp³-hybridized carbons (Fsp3) is 0.875. The number of carbonyl (C=O) groups excluding carboxylic acids is 1. The van der Waals surface area contributed by atoms with Gasteiger partial charge in [-0.1, -0.05) is 0 Å². The van der Waals surface area contributed by atoms with Gasteiger partial charge in [0.05, 0.1) is 0 Å². The van der Waals surface area contributed by atoms with Crippen LogP contribution in [0.3, 0.4) is 0 Å². The molecule has 0 unspecified atom stereocenters. The maximum atomic E-state index is 13.6. The van der Waals surface area contributed by atoms with Gasteiger partial charge >= 0.3 is 5.97 Å². The Labute approximate surface area is 71.3 Å². The predicted molar refractivity (Wildman–Crippen MR) is 42.6 cm³/mol. The molecule has 1 heterocycles. The average molecular weight is 175 g/mol. The zero-order valence-corrected chi connectivity index (χ0v) is 7.23. The van der Waals surface area contributed by atoms with Gasteiger partial charge < -0.3 is 10.1 Å². The van der Waals surface area contributed by atoms with Crippen LogP contribution in [0.4, 0.5) is 4.39 Å². The summed E-state index contributed by atoms with van der Waals surface area (Å²) in [6, 6.07) is 0. The summed E-state index contributed by atoms with van der Waals surface area (Å²) < 4.78 is 18.3. The lowest BCUT2D eigenvalue weighted by Gasteiger charge is -2.29. The Morgan fingerprint density at radius 1 is 1.58 bits per heavy atom. The van der Waals surface area contributed by atoms with Crippen molar-refractivity contribution in [3.8, 4) is 0 Å². The maximum absolute atomic E-state index is 13.6. The third-order valence-corrected chi connectivity index (χ3v) is 2.03. The molecule has 4 heteroatoms. The van der Waals surface area contributed by atoms with Crippen molar-refractivity contribution < 1.29 is 13.9 Å². The molecule has 0 aromatic heterocycles. The van der Waals surface area contributed by atoms with E-state index >= 15 is 0 Å². The molecular formula is C8H14FNO2. The van der Waals surface area contributed by atoms with Crippen molar-refractivity contribution in [2.45, 2.75) is 25.4 Å². The number of hydrogen-bond acceptors (Lipinski definition) is 3. The molecular weight excluding hydrogens is 161 g/mol. The van der Waals surface area contributed by atoms with Crippen LogP contribution in [-0.4, -0.2) is 31.3 Å². The van der Waals surface area contributed by atoms with Crippen molar-refractivity contribution in [1.29, 1.82) is 0 Å². The first-order valence-electron chi connectivity index (χ1n) is 4.15. The summed E-state index contributed by atoms with van der Waals surface area (Å²) in [4.78, 5) is 10.4. The quantitative estimate of drug-likeness (QED) is 0.626. The van der Waals surface area contributed by atoms with Gasteiger partial charge in [-0.3, -0.25) is 4.79 Å². The van der Waals surface area contributed by atoms with Gasteiger partial charge in [0.15, 0.2) is 0 Å². The first-order valence-corrected chi connectivity index (χ1v) is 4.15. The van der Waals surface area contributed by atoms with Crippen LogP contribution >= 0.6 is 0 Å². The zero-order valence-electron chi connectivity index (χ0n) is 7.23. The highest BCUT2D eigenvalue weighted by atomic mass is 19.1. The zero-order chi connectivity index (χ0) is 9.03. The van der Waals surface area contributed by atoms with Gasteiger partial charge in [-0.25, -0.2) is 4.39 Å². The number of halogens is 1. The molecule has 3 nitrogen and oxygen atoms in total. The van der Waals surface area contributed by atoms with Gasteiger partial charge in [0.1, 0.15) is 12.3 Å². The van der Waals surface area contributed by atoms with Crippen molar-refractivity contribution in [3.63, 3.8) is 0 Å². The van der Waals surface area contributed by atoms with Gasteiger partial charge in [-0.2, -0.15) is 0 Å². The van der Waals surface area contributed by atoms with Crippen LogP contribution in [0.5, 0.6) is 0 Å². The Hall–Kier alpha value is -0.640. The maximum Gasteiger partial charge on any atom is 0.302 e. The third-order valence-electron chi connectivity index (χ3n) is 2.03. The van der Waals surface area contributed by atoms with Crippen molar-refractivity contribution in [2.75, 3.05) is 19.7 Å². The summed E-state index contributed by atoms with van der Waals surface area (Å²) in [6.45, 7) is 2.53. The minimum Gasteiger partial charge on any atom is -0.462 e. The average Bonchev–Trinajstić information content (AvgIpc) is 2.03. The number of esters is 1. The smallest absolute Gasteiger partial charge is 0.302 e. The number of hydrogen-bond donors (Lipinski definition) is 1. The molecule has 0 aromatic rings. The summed E-state index contributed by atoms with van der Waals surface area (Å²) in [5, 5.41) is 3.05. The largest absolute Gasteiger partial charge is 0.462 e. The molecule has 0 aromatic carbocycles. The number of carbonyl (C=O) groups is 1. The van der Waals surface area contributed by atoms with Crippen LogP contribution < -0.4 is 5.32 Å². The molecule has 1 aliphatic rings. The molecule has 0 radical (unpaired) electrons. The minimum atomic E-state index is -1.29. The van der Waals surface area contributed by atoms with Gasteiger partial charge in [-0.05, 0) is 25.9 Å². The van der Waals surface area contributed by atoms with Crippen LogP contribution in [-0.2, 0) is 9.53 Å². The van der Waals surface area contributed by atoms with E-state index in [9.17, 15) is 9.18 Å². The lowest BCUT2D eigenvalue weighted by atomic mass is 9.96. The SMILES string of the molecule is CC(=O)OCC1(F)CCNCC1. The van der Waals surface area contributed by atoms with E-state index in [0.29, 0.717) is 25.9 Å². The van der Waals surface area contributed by atoms with E-state index in [-0.39, 0.29) is 6.61 Å². The van der Waals surface area contributed by atoms with E-state index in [2.05, 4.69) is 10.1 Å². The number of rotatable bonds is 2. The predicted octanol–water partition coefficient (Wildman–Crippen LogP) is 0.641. The molecule has 1 aliphatic heterocycles. The standard InChI is InChI=1S/C8H14FNO2/c1-7(11)12-6-8(9)2-4-10-5-3-8/h10H,2-6H2,1H3. The number of nitrogens with one attached hydrogen (secondary N) is 1. The Bertz CT molecular complexity index is 166. The molecule has 70 valence electrons. The fourth-order valence-electron chi connectivity index (χ4n) is 1.25. The van der Waals surface area contributed by atoms with E-state index in [1.165, 1.54) is 6.92 Å². The molecule has 1 saturated heterocycles. The normalized spacial score (nSPS) is 21.8. The van der Waals surface area contributed by atoms with Gasteiger partial charge in [0, 0.05) is 6.92 Å². The van der Waals surface area contributed by atoms with Crippen molar-refractivity contribution in [1.82, 2.24) is 5.32 Å². The highest BCUT2D eigenvalue weighted by Crippen LogP contribution is 2.23. The summed E-state index contributed by atoms with van der Waals surface area (Å²) in [6.07, 6.45) is 0.862. The molecule has 0 spiro atoms. The molecule has 0 bridgehead atoms. The van der Waals surface area contributed by atoms with Crippen molar-refractivity contribution >= 4 is 5.97 Å². The van der Waals surface area contributed by atoms with E-state index in [1.54, 1.807) is 0 Å². The van der Waals surface area contributed by atoms with Gasteiger partial charge in [0.25, 0.3) is 0 Å². The number of alkyl halides is 1. The Morgan fingerprint density at radius 2 is 2.17 bits per heavy atom. The lowest BCUT2D eigenvalue weighted by Crippen LogP contribution is -2.42. The highest BCUT2D eigenvalue weighted by molar-refractivity contribution is 5.65. The Kier molecular flexibility index (Phi) is 3.03. The minimum absolute atomic E-state index is 0.0932. The first-order chi connectivity index (χ1) is 5.62. The number of piperidine rings is 1. The lowest BCUT2D eigenvalue weighted by molar-refractivity contribution is -0.146. The van der Waals surface area contributed by atoms with E-state index in [0.717, 1.165) is 0 Å². The Balaban J connectivity index is 2.31. The van der Waals surface area contributed by atoms with E-state index in [4.69, 9.17) is 0 Å². The Morgan fingerprint density at radius 3 is 2.67 bits per heavy atom. The summed E-state index contributed by atoms with van der Waals surface area (Å²) in [7, 11) is 0. The monoisotopic (exact) mass is 175 g/mol. The highest BCUT2D eigenvalue weighted by Gasteiger charge is 2.32. The second kappa shape index (κ2) is 3.85. The molecule has 0 atom stereocenters. The van der Waals surface area contributed by atoms with E-state index < -0.39 is 11.6 Å². The summed E-state index contributed by atoms with van der Waals surface area (Å²) in [5.41, 5.74) is -1.29.